The lowest BCUT2D eigenvalue weighted by Gasteiger charge is -2.17. The summed E-state index contributed by atoms with van der Waals surface area (Å²) in [4.78, 5) is 17.5. The summed E-state index contributed by atoms with van der Waals surface area (Å²) in [5.74, 6) is -0.801. The molecule has 19 heavy (non-hydrogen) atoms. The molecular formula is C14H14FN3O. The Morgan fingerprint density at radius 3 is 2.74 bits per heavy atom. The van der Waals surface area contributed by atoms with Crippen LogP contribution in [0.5, 0.6) is 0 Å². The number of para-hydroxylation sites is 1. The van der Waals surface area contributed by atoms with Crippen molar-refractivity contribution in [1.82, 2.24) is 4.98 Å². The smallest absolute Gasteiger partial charge is 0.276 e. The molecular weight excluding hydrogens is 245 g/mol. The molecule has 98 valence electrons. The molecule has 0 saturated carbocycles. The van der Waals surface area contributed by atoms with Crippen LogP contribution in [0.1, 0.15) is 10.5 Å². The van der Waals surface area contributed by atoms with Crippen molar-refractivity contribution in [2.24, 2.45) is 0 Å². The van der Waals surface area contributed by atoms with Gasteiger partial charge in [0.1, 0.15) is 11.5 Å². The van der Waals surface area contributed by atoms with E-state index < -0.39 is 5.82 Å². The van der Waals surface area contributed by atoms with Gasteiger partial charge in [-0.15, -0.1) is 0 Å². The number of halogens is 1. The van der Waals surface area contributed by atoms with E-state index in [0.29, 0.717) is 0 Å². The SMILES string of the molecule is CNc1ccnc(C(=O)N(C)c2ccccc2F)c1. The second kappa shape index (κ2) is 5.48. The Hall–Kier alpha value is -2.43. The minimum Gasteiger partial charge on any atom is -0.388 e. The van der Waals surface area contributed by atoms with Crippen LogP contribution in [0.3, 0.4) is 0 Å². The van der Waals surface area contributed by atoms with Crippen LogP contribution >= 0.6 is 0 Å². The van der Waals surface area contributed by atoms with Gasteiger partial charge in [0.2, 0.25) is 0 Å². The van der Waals surface area contributed by atoms with Crippen LogP contribution in [-0.4, -0.2) is 25.0 Å². The van der Waals surface area contributed by atoms with E-state index in [2.05, 4.69) is 10.3 Å². The Kier molecular flexibility index (Phi) is 3.75. The van der Waals surface area contributed by atoms with Gasteiger partial charge in [-0.3, -0.25) is 9.78 Å². The number of benzene rings is 1. The molecule has 1 N–H and O–H groups in total. The summed E-state index contributed by atoms with van der Waals surface area (Å²) in [6, 6.07) is 9.50. The van der Waals surface area contributed by atoms with E-state index in [-0.39, 0.29) is 17.3 Å². The first kappa shape index (κ1) is 13.0. The third kappa shape index (κ3) is 2.70. The summed E-state index contributed by atoms with van der Waals surface area (Å²) in [5, 5.41) is 2.93. The topological polar surface area (TPSA) is 45.2 Å². The van der Waals surface area contributed by atoms with E-state index >= 15 is 0 Å². The number of pyridine rings is 1. The highest BCUT2D eigenvalue weighted by atomic mass is 19.1. The van der Waals surface area contributed by atoms with Crippen LogP contribution < -0.4 is 10.2 Å². The Labute approximate surface area is 110 Å². The van der Waals surface area contributed by atoms with Gasteiger partial charge < -0.3 is 10.2 Å². The van der Waals surface area contributed by atoms with Crippen molar-refractivity contribution in [3.8, 4) is 0 Å². The van der Waals surface area contributed by atoms with Gasteiger partial charge >= 0.3 is 0 Å². The highest BCUT2D eigenvalue weighted by molar-refractivity contribution is 6.04. The molecule has 0 aliphatic heterocycles. The summed E-state index contributed by atoms with van der Waals surface area (Å²) < 4.78 is 13.6. The number of carbonyl (C=O) groups is 1. The fraction of sp³-hybridized carbons (Fsp3) is 0.143. The molecule has 5 heteroatoms. The zero-order valence-electron chi connectivity index (χ0n) is 10.7. The van der Waals surface area contributed by atoms with Gasteiger partial charge in [-0.1, -0.05) is 12.1 Å². The molecule has 1 aromatic heterocycles. The average Bonchev–Trinajstić information content (AvgIpc) is 2.46. The molecule has 0 radical (unpaired) electrons. The first-order valence-electron chi connectivity index (χ1n) is 5.80. The summed E-state index contributed by atoms with van der Waals surface area (Å²) in [6.45, 7) is 0. The average molecular weight is 259 g/mol. The molecule has 0 atom stereocenters. The summed E-state index contributed by atoms with van der Waals surface area (Å²) in [7, 11) is 3.28. The lowest BCUT2D eigenvalue weighted by atomic mass is 10.2. The monoisotopic (exact) mass is 259 g/mol. The van der Waals surface area contributed by atoms with E-state index in [0.717, 1.165) is 5.69 Å². The Bertz CT molecular complexity index is 601. The lowest BCUT2D eigenvalue weighted by molar-refractivity contribution is 0.0987. The van der Waals surface area contributed by atoms with Gasteiger partial charge in [-0.25, -0.2) is 4.39 Å². The van der Waals surface area contributed by atoms with Crippen LogP contribution in [0, 0.1) is 5.82 Å². The molecule has 1 aromatic carbocycles. The predicted molar refractivity (Wildman–Crippen MR) is 72.9 cm³/mol. The number of amides is 1. The van der Waals surface area contributed by atoms with Crippen LogP contribution in [0.15, 0.2) is 42.6 Å². The Balaban J connectivity index is 2.31. The van der Waals surface area contributed by atoms with E-state index in [1.54, 1.807) is 37.4 Å². The van der Waals surface area contributed by atoms with Crippen molar-refractivity contribution in [1.29, 1.82) is 0 Å². The molecule has 0 aliphatic carbocycles. The predicted octanol–water partition coefficient (Wildman–Crippen LogP) is 2.54. The van der Waals surface area contributed by atoms with Gasteiger partial charge in [0.15, 0.2) is 0 Å². The number of carbonyl (C=O) groups excluding carboxylic acids is 1. The highest BCUT2D eigenvalue weighted by Crippen LogP contribution is 2.19. The van der Waals surface area contributed by atoms with Gasteiger partial charge in [-0.2, -0.15) is 0 Å². The van der Waals surface area contributed by atoms with Gasteiger partial charge in [0, 0.05) is 26.0 Å². The molecule has 0 aliphatic rings. The van der Waals surface area contributed by atoms with E-state index in [4.69, 9.17) is 0 Å². The number of nitrogens with one attached hydrogen (secondary N) is 1. The van der Waals surface area contributed by atoms with Crippen LogP contribution in [-0.2, 0) is 0 Å². The standard InChI is InChI=1S/C14H14FN3O/c1-16-10-7-8-17-12(9-10)14(19)18(2)13-6-4-3-5-11(13)15/h3-9H,1-2H3,(H,16,17). The Morgan fingerprint density at radius 2 is 2.05 bits per heavy atom. The second-order valence-electron chi connectivity index (χ2n) is 4.00. The minimum absolute atomic E-state index is 0.226. The van der Waals surface area contributed by atoms with Gasteiger partial charge in [0.25, 0.3) is 5.91 Å². The fourth-order valence-electron chi connectivity index (χ4n) is 1.71. The number of anilines is 2. The van der Waals surface area contributed by atoms with Gasteiger partial charge in [-0.05, 0) is 24.3 Å². The number of aromatic nitrogens is 1. The van der Waals surface area contributed by atoms with Crippen LogP contribution in [0.2, 0.25) is 0 Å². The molecule has 0 unspecified atom stereocenters. The van der Waals surface area contributed by atoms with Gasteiger partial charge in [0.05, 0.1) is 5.69 Å². The van der Waals surface area contributed by atoms with E-state index in [9.17, 15) is 9.18 Å². The molecule has 4 nitrogen and oxygen atoms in total. The Morgan fingerprint density at radius 1 is 1.32 bits per heavy atom. The lowest BCUT2D eigenvalue weighted by Crippen LogP contribution is -2.27. The summed E-state index contributed by atoms with van der Waals surface area (Å²) >= 11 is 0. The molecule has 0 bridgehead atoms. The maximum absolute atomic E-state index is 13.6. The maximum atomic E-state index is 13.6. The van der Waals surface area contributed by atoms with Crippen LogP contribution in [0.25, 0.3) is 0 Å². The number of hydrogen-bond donors (Lipinski definition) is 1. The number of hydrogen-bond acceptors (Lipinski definition) is 3. The van der Waals surface area contributed by atoms with Crippen molar-refractivity contribution < 1.29 is 9.18 Å². The highest BCUT2D eigenvalue weighted by Gasteiger charge is 2.17. The van der Waals surface area contributed by atoms with Crippen LogP contribution in [0.4, 0.5) is 15.8 Å². The number of rotatable bonds is 3. The largest absolute Gasteiger partial charge is 0.388 e. The quantitative estimate of drug-likeness (QED) is 0.921. The number of nitrogens with zero attached hydrogens (tertiary/aromatic N) is 2. The molecule has 0 spiro atoms. The van der Waals surface area contributed by atoms with Crippen molar-refractivity contribution in [2.75, 3.05) is 24.3 Å². The van der Waals surface area contributed by atoms with E-state index in [1.807, 2.05) is 0 Å². The molecule has 2 rings (SSSR count). The molecule has 1 amide bonds. The van der Waals surface area contributed by atoms with Crippen molar-refractivity contribution >= 4 is 17.3 Å². The first-order valence-corrected chi connectivity index (χ1v) is 5.80. The molecule has 1 heterocycles. The van der Waals surface area contributed by atoms with Crippen molar-refractivity contribution in [2.45, 2.75) is 0 Å². The normalized spacial score (nSPS) is 10.1. The molecule has 0 saturated heterocycles. The summed E-state index contributed by atoms with van der Waals surface area (Å²) in [6.07, 6.45) is 1.54. The zero-order chi connectivity index (χ0) is 13.8. The summed E-state index contributed by atoms with van der Waals surface area (Å²) in [5.41, 5.74) is 1.27. The van der Waals surface area contributed by atoms with Crippen molar-refractivity contribution in [3.63, 3.8) is 0 Å². The van der Waals surface area contributed by atoms with Crippen molar-refractivity contribution in [3.05, 3.63) is 54.1 Å². The third-order valence-corrected chi connectivity index (χ3v) is 2.79. The van der Waals surface area contributed by atoms with E-state index in [1.165, 1.54) is 24.2 Å². The maximum Gasteiger partial charge on any atom is 0.276 e. The fourth-order valence-corrected chi connectivity index (χ4v) is 1.71. The molecule has 2 aromatic rings. The zero-order valence-corrected chi connectivity index (χ0v) is 10.7. The first-order chi connectivity index (χ1) is 9.13. The third-order valence-electron chi connectivity index (χ3n) is 2.79. The second-order valence-corrected chi connectivity index (χ2v) is 4.00. The minimum atomic E-state index is -0.442. The molecule has 0 fully saturated rings.